The smallest absolute Gasteiger partial charge is 0.0691 e. The van der Waals surface area contributed by atoms with Gasteiger partial charge in [0.05, 0.1) is 5.60 Å². The zero-order valence-electron chi connectivity index (χ0n) is 9.34. The van der Waals surface area contributed by atoms with Crippen molar-refractivity contribution in [3.63, 3.8) is 0 Å². The molecule has 2 rings (SSSR count). The zero-order chi connectivity index (χ0) is 11.8. The topological polar surface area (TPSA) is 20.2 Å². The first kappa shape index (κ1) is 12.2. The predicted molar refractivity (Wildman–Crippen MR) is 68.1 cm³/mol. The maximum absolute atomic E-state index is 10.4. The molecular formula is C13H16Cl2O. The van der Waals surface area contributed by atoms with Crippen LogP contribution in [0.2, 0.25) is 10.0 Å². The molecule has 0 spiro atoms. The van der Waals surface area contributed by atoms with Crippen molar-refractivity contribution in [2.45, 2.75) is 38.2 Å². The molecule has 1 aromatic carbocycles. The van der Waals surface area contributed by atoms with Crippen LogP contribution in [0.25, 0.3) is 0 Å². The molecule has 1 aliphatic carbocycles. The van der Waals surface area contributed by atoms with E-state index in [4.69, 9.17) is 23.2 Å². The minimum atomic E-state index is -0.617. The number of hydrogen-bond acceptors (Lipinski definition) is 1. The summed E-state index contributed by atoms with van der Waals surface area (Å²) in [5, 5.41) is 11.8. The summed E-state index contributed by atoms with van der Waals surface area (Å²) in [6.07, 6.45) is 3.33. The SMILES string of the molecule is CC1CCC(O)(Cc2c(Cl)cccc2Cl)C1. The van der Waals surface area contributed by atoms with Crippen molar-refractivity contribution >= 4 is 23.2 Å². The average Bonchev–Trinajstić information content (AvgIpc) is 2.53. The lowest BCUT2D eigenvalue weighted by Crippen LogP contribution is -2.28. The van der Waals surface area contributed by atoms with Gasteiger partial charge in [-0.05, 0) is 42.9 Å². The van der Waals surface area contributed by atoms with Crippen molar-refractivity contribution in [1.29, 1.82) is 0 Å². The minimum Gasteiger partial charge on any atom is -0.390 e. The third kappa shape index (κ3) is 2.53. The van der Waals surface area contributed by atoms with Crippen LogP contribution in [-0.2, 0) is 6.42 Å². The monoisotopic (exact) mass is 258 g/mol. The van der Waals surface area contributed by atoms with Crippen LogP contribution < -0.4 is 0 Å². The van der Waals surface area contributed by atoms with Crippen LogP contribution in [0.4, 0.5) is 0 Å². The summed E-state index contributed by atoms with van der Waals surface area (Å²) >= 11 is 12.2. The van der Waals surface area contributed by atoms with Crippen LogP contribution in [-0.4, -0.2) is 10.7 Å². The average molecular weight is 259 g/mol. The normalized spacial score (nSPS) is 29.6. The highest BCUT2D eigenvalue weighted by atomic mass is 35.5. The first-order valence-electron chi connectivity index (χ1n) is 5.65. The summed E-state index contributed by atoms with van der Waals surface area (Å²) in [5.74, 6) is 0.589. The van der Waals surface area contributed by atoms with Gasteiger partial charge in [-0.15, -0.1) is 0 Å². The second kappa shape index (κ2) is 4.56. The Bertz CT molecular complexity index is 371. The molecule has 1 aliphatic rings. The standard InChI is InChI=1S/C13H16Cl2O/c1-9-5-6-13(16,7-9)8-10-11(14)3-2-4-12(10)15/h2-4,9,16H,5-8H2,1H3. The largest absolute Gasteiger partial charge is 0.390 e. The lowest BCUT2D eigenvalue weighted by molar-refractivity contribution is 0.0446. The molecule has 1 saturated carbocycles. The molecule has 1 aromatic rings. The summed E-state index contributed by atoms with van der Waals surface area (Å²) < 4.78 is 0. The third-order valence-electron chi connectivity index (χ3n) is 3.40. The van der Waals surface area contributed by atoms with E-state index < -0.39 is 5.60 Å². The second-order valence-electron chi connectivity index (χ2n) is 4.95. The van der Waals surface area contributed by atoms with Gasteiger partial charge in [0.2, 0.25) is 0 Å². The highest BCUT2D eigenvalue weighted by molar-refractivity contribution is 6.36. The molecule has 3 heteroatoms. The molecule has 1 nitrogen and oxygen atoms in total. The maximum Gasteiger partial charge on any atom is 0.0691 e. The fourth-order valence-electron chi connectivity index (χ4n) is 2.56. The molecule has 1 N–H and O–H groups in total. The molecule has 0 radical (unpaired) electrons. The van der Waals surface area contributed by atoms with Gasteiger partial charge in [-0.2, -0.15) is 0 Å². The zero-order valence-corrected chi connectivity index (χ0v) is 10.9. The Morgan fingerprint density at radius 1 is 1.38 bits per heavy atom. The van der Waals surface area contributed by atoms with Gasteiger partial charge in [0, 0.05) is 16.5 Å². The maximum atomic E-state index is 10.4. The summed E-state index contributed by atoms with van der Waals surface area (Å²) in [6, 6.07) is 5.48. The molecule has 88 valence electrons. The number of rotatable bonds is 2. The van der Waals surface area contributed by atoms with E-state index in [0.717, 1.165) is 24.8 Å². The Balaban J connectivity index is 2.21. The Morgan fingerprint density at radius 3 is 2.50 bits per heavy atom. The molecule has 0 bridgehead atoms. The van der Waals surface area contributed by atoms with Gasteiger partial charge in [-0.25, -0.2) is 0 Å². The van der Waals surface area contributed by atoms with Gasteiger partial charge in [0.1, 0.15) is 0 Å². The first-order chi connectivity index (χ1) is 7.50. The number of hydrogen-bond donors (Lipinski definition) is 1. The van der Waals surface area contributed by atoms with E-state index in [1.54, 1.807) is 0 Å². The first-order valence-corrected chi connectivity index (χ1v) is 6.41. The Kier molecular flexibility index (Phi) is 3.48. The van der Waals surface area contributed by atoms with Crippen molar-refractivity contribution in [2.75, 3.05) is 0 Å². The fourth-order valence-corrected chi connectivity index (χ4v) is 3.09. The molecule has 0 amide bonds. The van der Waals surface area contributed by atoms with Crippen LogP contribution in [0.1, 0.15) is 31.7 Å². The summed E-state index contributed by atoms with van der Waals surface area (Å²) in [4.78, 5) is 0. The molecule has 16 heavy (non-hydrogen) atoms. The molecular weight excluding hydrogens is 243 g/mol. The molecule has 1 fully saturated rings. The van der Waals surface area contributed by atoms with Crippen LogP contribution >= 0.6 is 23.2 Å². The molecule has 0 aliphatic heterocycles. The number of aliphatic hydroxyl groups is 1. The van der Waals surface area contributed by atoms with E-state index in [2.05, 4.69) is 6.92 Å². The predicted octanol–water partition coefficient (Wildman–Crippen LogP) is 4.09. The van der Waals surface area contributed by atoms with Gasteiger partial charge >= 0.3 is 0 Å². The van der Waals surface area contributed by atoms with Crippen molar-refractivity contribution in [3.8, 4) is 0 Å². The summed E-state index contributed by atoms with van der Waals surface area (Å²) in [5.41, 5.74) is 0.260. The lowest BCUT2D eigenvalue weighted by atomic mass is 9.92. The van der Waals surface area contributed by atoms with Gasteiger partial charge < -0.3 is 5.11 Å². The van der Waals surface area contributed by atoms with Gasteiger partial charge in [-0.1, -0.05) is 36.2 Å². The lowest BCUT2D eigenvalue weighted by Gasteiger charge is -2.23. The van der Waals surface area contributed by atoms with Crippen LogP contribution in [0.3, 0.4) is 0 Å². The van der Waals surface area contributed by atoms with Crippen molar-refractivity contribution in [1.82, 2.24) is 0 Å². The molecule has 0 heterocycles. The van der Waals surface area contributed by atoms with E-state index >= 15 is 0 Å². The van der Waals surface area contributed by atoms with Gasteiger partial charge in [-0.3, -0.25) is 0 Å². The third-order valence-corrected chi connectivity index (χ3v) is 4.11. The quantitative estimate of drug-likeness (QED) is 0.848. The van der Waals surface area contributed by atoms with Crippen molar-refractivity contribution in [2.24, 2.45) is 5.92 Å². The van der Waals surface area contributed by atoms with E-state index in [-0.39, 0.29) is 0 Å². The van der Waals surface area contributed by atoms with Gasteiger partial charge in [0.25, 0.3) is 0 Å². The fraction of sp³-hybridized carbons (Fsp3) is 0.538. The van der Waals surface area contributed by atoms with Crippen LogP contribution in [0.15, 0.2) is 18.2 Å². The van der Waals surface area contributed by atoms with E-state index in [0.29, 0.717) is 22.4 Å². The molecule has 2 atom stereocenters. The second-order valence-corrected chi connectivity index (χ2v) is 5.76. The van der Waals surface area contributed by atoms with Gasteiger partial charge in [0.15, 0.2) is 0 Å². The van der Waals surface area contributed by atoms with E-state index in [1.165, 1.54) is 0 Å². The molecule has 2 unspecified atom stereocenters. The minimum absolute atomic E-state index is 0.565. The number of benzene rings is 1. The van der Waals surface area contributed by atoms with Crippen molar-refractivity contribution < 1.29 is 5.11 Å². The van der Waals surface area contributed by atoms with E-state index in [1.807, 2.05) is 18.2 Å². The Morgan fingerprint density at radius 2 is 2.00 bits per heavy atom. The van der Waals surface area contributed by atoms with Crippen molar-refractivity contribution in [3.05, 3.63) is 33.8 Å². The Labute approximate surface area is 106 Å². The summed E-state index contributed by atoms with van der Waals surface area (Å²) in [6.45, 7) is 2.17. The molecule has 0 saturated heterocycles. The number of halogens is 2. The van der Waals surface area contributed by atoms with E-state index in [9.17, 15) is 5.11 Å². The van der Waals surface area contributed by atoms with Crippen LogP contribution in [0, 0.1) is 5.92 Å². The highest BCUT2D eigenvalue weighted by Gasteiger charge is 2.36. The van der Waals surface area contributed by atoms with Crippen LogP contribution in [0.5, 0.6) is 0 Å². The summed E-state index contributed by atoms with van der Waals surface area (Å²) in [7, 11) is 0. The highest BCUT2D eigenvalue weighted by Crippen LogP contribution is 2.39. The molecule has 0 aromatic heterocycles. The Hall–Kier alpha value is -0.240.